The highest BCUT2D eigenvalue weighted by molar-refractivity contribution is 6.12. The van der Waals surface area contributed by atoms with Gasteiger partial charge in [-0.3, -0.25) is 0 Å². The molecule has 2 atom stereocenters. The van der Waals surface area contributed by atoms with Crippen LogP contribution in [0.1, 0.15) is 66.3 Å². The number of anilines is 6. The maximum Gasteiger partial charge on any atom is 0.0542 e. The molecular weight excluding hydrogens is 787 g/mol. The van der Waals surface area contributed by atoms with Crippen LogP contribution in [0, 0.1) is 11.8 Å². The fraction of sp³-hybridized carbons (Fsp3) is 0.194. The molecule has 65 heavy (non-hydrogen) atoms. The lowest BCUT2D eigenvalue weighted by Crippen LogP contribution is -2.55. The minimum Gasteiger partial charge on any atom is -0.310 e. The van der Waals surface area contributed by atoms with Crippen LogP contribution in [0.15, 0.2) is 201 Å². The molecule has 0 radical (unpaired) electrons. The van der Waals surface area contributed by atoms with Crippen molar-refractivity contribution in [3.63, 3.8) is 0 Å². The van der Waals surface area contributed by atoms with Crippen molar-refractivity contribution in [3.05, 3.63) is 229 Å². The van der Waals surface area contributed by atoms with Crippen LogP contribution in [0.4, 0.5) is 34.1 Å². The molecule has 1 aromatic heterocycles. The van der Waals surface area contributed by atoms with E-state index in [9.17, 15) is 0 Å². The number of nitrogens with zero attached hydrogens (tertiary/aromatic N) is 3. The zero-order valence-electron chi connectivity index (χ0n) is 36.9. The van der Waals surface area contributed by atoms with Crippen molar-refractivity contribution < 1.29 is 0 Å². The fourth-order valence-corrected chi connectivity index (χ4v) is 13.4. The van der Waals surface area contributed by atoms with Gasteiger partial charge in [0.15, 0.2) is 0 Å². The molecule has 9 aromatic rings. The van der Waals surface area contributed by atoms with E-state index in [0.29, 0.717) is 0 Å². The highest BCUT2D eigenvalue weighted by Crippen LogP contribution is 2.66. The number of hydrogen-bond acceptors (Lipinski definition) is 2. The van der Waals surface area contributed by atoms with E-state index in [2.05, 4.69) is 215 Å². The SMILES string of the molecule is C=Cc1ccc(C23CC4CC(C2)CC(c2ccc(-n5c6ccc(N(c7ccccc7)c7ccccc7)cc6c6cc(N(c7ccccc7)c7ccc8c(c7)CC8)ccc65)cc2)(C4)C3)cc1. The molecule has 0 N–H and O–H groups in total. The highest BCUT2D eigenvalue weighted by atomic mass is 15.1. The summed E-state index contributed by atoms with van der Waals surface area (Å²) in [5.74, 6) is 1.59. The van der Waals surface area contributed by atoms with Gasteiger partial charge in [0, 0.05) is 50.6 Å². The van der Waals surface area contributed by atoms with Crippen LogP contribution in [-0.4, -0.2) is 4.57 Å². The molecular formula is C62H53N3. The van der Waals surface area contributed by atoms with Gasteiger partial charge in [0.05, 0.1) is 11.0 Å². The second-order valence-electron chi connectivity index (χ2n) is 19.8. The molecule has 316 valence electrons. The van der Waals surface area contributed by atoms with Crippen LogP contribution < -0.4 is 9.80 Å². The molecule has 2 unspecified atom stereocenters. The van der Waals surface area contributed by atoms with E-state index in [1.165, 1.54) is 100 Å². The Balaban J connectivity index is 0.960. The van der Waals surface area contributed by atoms with E-state index in [0.717, 1.165) is 46.7 Å². The van der Waals surface area contributed by atoms with Gasteiger partial charge in [0.25, 0.3) is 0 Å². The third-order valence-electron chi connectivity index (χ3n) is 16.0. The predicted molar refractivity (Wildman–Crippen MR) is 272 cm³/mol. The molecule has 1 heterocycles. The molecule has 4 saturated carbocycles. The van der Waals surface area contributed by atoms with Crippen molar-refractivity contribution in [3.8, 4) is 5.69 Å². The molecule has 4 fully saturated rings. The molecule has 3 heteroatoms. The summed E-state index contributed by atoms with van der Waals surface area (Å²) >= 11 is 0. The third kappa shape index (κ3) is 6.31. The van der Waals surface area contributed by atoms with Crippen LogP contribution in [-0.2, 0) is 23.7 Å². The second kappa shape index (κ2) is 15.0. The normalized spacial score (nSPS) is 21.5. The van der Waals surface area contributed by atoms with Crippen LogP contribution in [0.5, 0.6) is 0 Å². The number of aryl methyl sites for hydroxylation is 2. The molecule has 14 rings (SSSR count). The Morgan fingerprint density at radius 2 is 0.892 bits per heavy atom. The van der Waals surface area contributed by atoms with Crippen molar-refractivity contribution in [2.24, 2.45) is 11.8 Å². The van der Waals surface area contributed by atoms with Gasteiger partial charge in [0.2, 0.25) is 0 Å². The summed E-state index contributed by atoms with van der Waals surface area (Å²) in [5, 5.41) is 2.47. The van der Waals surface area contributed by atoms with E-state index >= 15 is 0 Å². The number of rotatable bonds is 10. The van der Waals surface area contributed by atoms with Gasteiger partial charge in [-0.05, 0) is 199 Å². The van der Waals surface area contributed by atoms with Crippen molar-refractivity contribution in [1.29, 1.82) is 0 Å². The van der Waals surface area contributed by atoms with Gasteiger partial charge in [-0.25, -0.2) is 0 Å². The van der Waals surface area contributed by atoms with E-state index in [1.54, 1.807) is 5.56 Å². The van der Waals surface area contributed by atoms with E-state index < -0.39 is 0 Å². The van der Waals surface area contributed by atoms with Crippen LogP contribution in [0.25, 0.3) is 33.6 Å². The highest BCUT2D eigenvalue weighted by Gasteiger charge is 2.58. The van der Waals surface area contributed by atoms with E-state index in [4.69, 9.17) is 0 Å². The van der Waals surface area contributed by atoms with Gasteiger partial charge < -0.3 is 14.4 Å². The predicted octanol–water partition coefficient (Wildman–Crippen LogP) is 16.3. The molecule has 0 aliphatic heterocycles. The lowest BCUT2D eigenvalue weighted by Gasteiger charge is -2.63. The first kappa shape index (κ1) is 38.4. The van der Waals surface area contributed by atoms with Crippen LogP contribution in [0.3, 0.4) is 0 Å². The van der Waals surface area contributed by atoms with Crippen molar-refractivity contribution in [1.82, 2.24) is 4.57 Å². The molecule has 0 spiro atoms. The maximum atomic E-state index is 4.03. The summed E-state index contributed by atoms with van der Waals surface area (Å²) in [6.45, 7) is 4.03. The van der Waals surface area contributed by atoms with E-state index in [1.807, 2.05) is 6.08 Å². The minimum atomic E-state index is 0.224. The topological polar surface area (TPSA) is 11.4 Å². The molecule has 5 aliphatic carbocycles. The molecule has 0 amide bonds. The summed E-state index contributed by atoms with van der Waals surface area (Å²) in [4.78, 5) is 4.82. The number of aromatic nitrogens is 1. The number of hydrogen-bond donors (Lipinski definition) is 0. The summed E-state index contributed by atoms with van der Waals surface area (Å²) in [5.41, 5.74) is 18.3. The summed E-state index contributed by atoms with van der Waals surface area (Å²) in [6, 6.07) is 72.9. The van der Waals surface area contributed by atoms with Gasteiger partial charge in [-0.2, -0.15) is 0 Å². The lowest BCUT2D eigenvalue weighted by molar-refractivity contribution is -0.0281. The Hall–Kier alpha value is -7.10. The van der Waals surface area contributed by atoms with Crippen molar-refractivity contribution >= 4 is 62.0 Å². The number of fused-ring (bicyclic) bond motifs is 4. The third-order valence-corrected chi connectivity index (χ3v) is 16.0. The quantitative estimate of drug-likeness (QED) is 0.136. The van der Waals surface area contributed by atoms with Gasteiger partial charge in [-0.15, -0.1) is 0 Å². The smallest absolute Gasteiger partial charge is 0.0542 e. The van der Waals surface area contributed by atoms with Crippen LogP contribution in [0.2, 0.25) is 0 Å². The summed E-state index contributed by atoms with van der Waals surface area (Å²) in [6.07, 6.45) is 12.2. The first-order valence-electron chi connectivity index (χ1n) is 23.8. The Labute approximate surface area is 382 Å². The van der Waals surface area contributed by atoms with Crippen molar-refractivity contribution in [2.75, 3.05) is 9.80 Å². The summed E-state index contributed by atoms with van der Waals surface area (Å²) in [7, 11) is 0. The standard InChI is InChI=1S/C62H53N3/c1-2-43-18-23-48(24-19-43)61-38-44-34-45(39-61)41-62(40-44,42-61)49-25-28-53(29-26-49)65-59-32-30-55(63(50-12-6-3-7-13-50)51-14-8-4-9-15-51)36-57(59)58-37-56(31-33-60(58)65)64(52-16-10-5-11-17-52)54-27-22-46-20-21-47(46)35-54/h2-19,22-33,35-37,44-45H,1,20-21,34,38-42H2. The zero-order valence-corrected chi connectivity index (χ0v) is 36.9. The monoisotopic (exact) mass is 839 g/mol. The average molecular weight is 840 g/mol. The molecule has 4 bridgehead atoms. The Bertz CT molecular complexity index is 3180. The molecule has 0 saturated heterocycles. The molecule has 3 nitrogen and oxygen atoms in total. The Morgan fingerprint density at radius 1 is 0.446 bits per heavy atom. The first-order chi connectivity index (χ1) is 32.0. The van der Waals surface area contributed by atoms with Gasteiger partial charge in [0.1, 0.15) is 0 Å². The zero-order chi connectivity index (χ0) is 43.1. The number of benzene rings is 8. The van der Waals surface area contributed by atoms with Crippen LogP contribution >= 0.6 is 0 Å². The second-order valence-corrected chi connectivity index (χ2v) is 19.8. The average Bonchev–Trinajstić information content (AvgIpc) is 3.66. The number of para-hydroxylation sites is 3. The van der Waals surface area contributed by atoms with Crippen molar-refractivity contribution in [2.45, 2.75) is 62.2 Å². The lowest BCUT2D eigenvalue weighted by atomic mass is 9.42. The van der Waals surface area contributed by atoms with Gasteiger partial charge in [-0.1, -0.05) is 110 Å². The summed E-state index contributed by atoms with van der Waals surface area (Å²) < 4.78 is 2.51. The Kier molecular flexibility index (Phi) is 8.85. The largest absolute Gasteiger partial charge is 0.310 e. The fourth-order valence-electron chi connectivity index (χ4n) is 13.4. The van der Waals surface area contributed by atoms with Gasteiger partial charge >= 0.3 is 0 Å². The molecule has 5 aliphatic rings. The first-order valence-corrected chi connectivity index (χ1v) is 23.8. The minimum absolute atomic E-state index is 0.224. The Morgan fingerprint density at radius 3 is 1.35 bits per heavy atom. The van der Waals surface area contributed by atoms with E-state index in [-0.39, 0.29) is 10.8 Å². The maximum absolute atomic E-state index is 4.03. The molecule has 8 aromatic carbocycles.